The Bertz CT molecular complexity index is 1040. The van der Waals surface area contributed by atoms with Crippen molar-refractivity contribution in [2.24, 2.45) is 0 Å². The maximum atomic E-state index is 12.2. The molecule has 2 aromatic carbocycles. The number of carbonyl (C=O) groups excluding carboxylic acids is 1. The smallest absolute Gasteiger partial charge is 0.338 e. The summed E-state index contributed by atoms with van der Waals surface area (Å²) in [6.45, 7) is 5.50. The second-order valence-corrected chi connectivity index (χ2v) is 8.00. The Labute approximate surface area is 176 Å². The van der Waals surface area contributed by atoms with Crippen molar-refractivity contribution in [3.05, 3.63) is 95.4 Å². The molecule has 0 aromatic heterocycles. The van der Waals surface area contributed by atoms with Gasteiger partial charge < -0.3 is 15.2 Å². The minimum absolute atomic E-state index is 0.271. The van der Waals surface area contributed by atoms with E-state index in [0.717, 1.165) is 22.3 Å². The first kappa shape index (κ1) is 21.1. The molecule has 1 heterocycles. The Hall–Kier alpha value is -3.60. The molecule has 2 aromatic rings. The van der Waals surface area contributed by atoms with E-state index in [9.17, 15) is 9.59 Å². The van der Waals surface area contributed by atoms with Crippen LogP contribution in [0.1, 0.15) is 52.6 Å². The topological polar surface area (TPSA) is 75.6 Å². The van der Waals surface area contributed by atoms with Gasteiger partial charge in [-0.3, -0.25) is 0 Å². The van der Waals surface area contributed by atoms with Crippen LogP contribution in [0.3, 0.4) is 0 Å². The van der Waals surface area contributed by atoms with Gasteiger partial charge in [-0.15, -0.1) is 0 Å². The van der Waals surface area contributed by atoms with Gasteiger partial charge >= 0.3 is 11.9 Å². The van der Waals surface area contributed by atoms with E-state index in [2.05, 4.69) is 5.32 Å². The third kappa shape index (κ3) is 5.26. The first-order valence-electron chi connectivity index (χ1n) is 9.72. The Kier molecular flexibility index (Phi) is 6.21. The molecule has 0 bridgehead atoms. The first-order valence-corrected chi connectivity index (χ1v) is 9.72. The zero-order valence-electron chi connectivity index (χ0n) is 17.3. The highest BCUT2D eigenvalue weighted by molar-refractivity contribution is 5.94. The van der Waals surface area contributed by atoms with Crippen LogP contribution in [0.15, 0.2) is 73.1 Å². The summed E-state index contributed by atoms with van der Waals surface area (Å²) in [4.78, 5) is 23.3. The third-order valence-corrected chi connectivity index (χ3v) is 4.49. The lowest BCUT2D eigenvalue weighted by atomic mass is 10.0. The number of carboxylic acids is 1. The summed E-state index contributed by atoms with van der Waals surface area (Å²) in [5, 5.41) is 12.1. The van der Waals surface area contributed by atoms with Gasteiger partial charge in [0.05, 0.1) is 11.1 Å². The van der Waals surface area contributed by atoms with Crippen molar-refractivity contribution >= 4 is 11.9 Å². The summed E-state index contributed by atoms with van der Waals surface area (Å²) < 4.78 is 5.39. The van der Waals surface area contributed by atoms with Crippen LogP contribution in [0.2, 0.25) is 0 Å². The number of carbonyl (C=O) groups is 2. The number of ether oxygens (including phenoxy) is 1. The maximum absolute atomic E-state index is 12.2. The maximum Gasteiger partial charge on any atom is 0.338 e. The average Bonchev–Trinajstić information content (AvgIpc) is 2.84. The molecule has 0 atom stereocenters. The van der Waals surface area contributed by atoms with Crippen LogP contribution in [-0.2, 0) is 11.2 Å². The van der Waals surface area contributed by atoms with E-state index >= 15 is 0 Å². The molecule has 30 heavy (non-hydrogen) atoms. The number of benzene rings is 2. The summed E-state index contributed by atoms with van der Waals surface area (Å²) in [7, 11) is 0. The van der Waals surface area contributed by atoms with Crippen LogP contribution in [0.5, 0.6) is 0 Å². The zero-order valence-corrected chi connectivity index (χ0v) is 17.3. The van der Waals surface area contributed by atoms with Gasteiger partial charge in [0.15, 0.2) is 0 Å². The molecule has 1 aliphatic carbocycles. The summed E-state index contributed by atoms with van der Waals surface area (Å²) >= 11 is 0. The largest absolute Gasteiger partial charge is 0.478 e. The van der Waals surface area contributed by atoms with E-state index in [1.165, 1.54) is 0 Å². The number of hydrogen-bond donors (Lipinski definition) is 2. The zero-order chi connectivity index (χ0) is 21.7. The molecule has 5 heteroatoms. The standard InChI is InChI=1S/C19H18O4.C6H7N/c1-19(2,3)23-18(22)13-6-7-15-14(9-13)8-11-4-5-12(17(20)21)10-16(11)15;1-2-4-6-7-5-3-1/h4-7,9-10H,8H2,1-3H3,(H,20,21);1-7H. The Morgan fingerprint density at radius 3 is 2.17 bits per heavy atom. The monoisotopic (exact) mass is 403 g/mol. The molecule has 0 saturated carbocycles. The number of carboxylic acid groups (broad SMARTS) is 1. The first-order chi connectivity index (χ1) is 14.2. The highest BCUT2D eigenvalue weighted by atomic mass is 16.6. The molecule has 0 amide bonds. The lowest BCUT2D eigenvalue weighted by Crippen LogP contribution is -2.23. The van der Waals surface area contributed by atoms with Crippen LogP contribution in [0, 0.1) is 0 Å². The number of fused-ring (bicyclic) bond motifs is 3. The van der Waals surface area contributed by atoms with Crippen molar-refractivity contribution in [3.8, 4) is 11.1 Å². The predicted molar refractivity (Wildman–Crippen MR) is 117 cm³/mol. The summed E-state index contributed by atoms with van der Waals surface area (Å²) in [5.41, 5.74) is 4.26. The summed E-state index contributed by atoms with van der Waals surface area (Å²) in [6.07, 6.45) is 12.3. The minimum atomic E-state index is -0.938. The Balaban J connectivity index is 0.000000310. The van der Waals surface area contributed by atoms with E-state index in [1.807, 2.05) is 75.7 Å². The molecular weight excluding hydrogens is 378 g/mol. The highest BCUT2D eigenvalue weighted by Gasteiger charge is 2.23. The van der Waals surface area contributed by atoms with Crippen LogP contribution >= 0.6 is 0 Å². The minimum Gasteiger partial charge on any atom is -0.478 e. The summed E-state index contributed by atoms with van der Waals surface area (Å²) in [6, 6.07) is 10.6. The van der Waals surface area contributed by atoms with Gasteiger partial charge in [0, 0.05) is 12.4 Å². The van der Waals surface area contributed by atoms with Gasteiger partial charge in [-0.2, -0.15) is 0 Å². The summed E-state index contributed by atoms with van der Waals surface area (Å²) in [5.74, 6) is -1.28. The van der Waals surface area contributed by atoms with Gasteiger partial charge in [-0.1, -0.05) is 24.3 Å². The second-order valence-electron chi connectivity index (χ2n) is 8.00. The van der Waals surface area contributed by atoms with E-state index < -0.39 is 11.6 Å². The number of allylic oxidation sites excluding steroid dienone is 4. The number of hydrogen-bond acceptors (Lipinski definition) is 4. The lowest BCUT2D eigenvalue weighted by molar-refractivity contribution is 0.00692. The Morgan fingerprint density at radius 2 is 1.53 bits per heavy atom. The molecule has 0 spiro atoms. The Morgan fingerprint density at radius 1 is 0.867 bits per heavy atom. The molecule has 0 fully saturated rings. The molecule has 154 valence electrons. The van der Waals surface area contributed by atoms with Crippen LogP contribution < -0.4 is 5.32 Å². The van der Waals surface area contributed by atoms with Crippen molar-refractivity contribution in [1.29, 1.82) is 0 Å². The van der Waals surface area contributed by atoms with Gasteiger partial charge in [-0.05, 0) is 85.9 Å². The fourth-order valence-corrected chi connectivity index (χ4v) is 3.19. The average molecular weight is 403 g/mol. The fourth-order valence-electron chi connectivity index (χ4n) is 3.19. The third-order valence-electron chi connectivity index (χ3n) is 4.49. The van der Waals surface area contributed by atoms with Crippen LogP contribution in [-0.4, -0.2) is 22.6 Å². The molecule has 0 radical (unpaired) electrons. The molecule has 5 nitrogen and oxygen atoms in total. The lowest BCUT2D eigenvalue weighted by Gasteiger charge is -2.19. The van der Waals surface area contributed by atoms with Crippen molar-refractivity contribution in [3.63, 3.8) is 0 Å². The van der Waals surface area contributed by atoms with E-state index in [0.29, 0.717) is 12.0 Å². The van der Waals surface area contributed by atoms with E-state index in [4.69, 9.17) is 9.84 Å². The quantitative estimate of drug-likeness (QED) is 0.583. The van der Waals surface area contributed by atoms with Crippen molar-refractivity contribution in [2.45, 2.75) is 32.8 Å². The van der Waals surface area contributed by atoms with Gasteiger partial charge in [0.25, 0.3) is 0 Å². The normalized spacial score (nSPS) is 13.3. The van der Waals surface area contributed by atoms with Crippen LogP contribution in [0.25, 0.3) is 11.1 Å². The predicted octanol–water partition coefficient (Wildman–Crippen LogP) is 5.08. The number of esters is 1. The number of aromatic carboxylic acids is 1. The van der Waals surface area contributed by atoms with E-state index in [-0.39, 0.29) is 11.5 Å². The van der Waals surface area contributed by atoms with Gasteiger partial charge in [-0.25, -0.2) is 9.59 Å². The molecule has 2 aliphatic rings. The number of nitrogens with one attached hydrogen (secondary N) is 1. The highest BCUT2D eigenvalue weighted by Crippen LogP contribution is 2.37. The molecular formula is C25H25NO4. The molecule has 4 rings (SSSR count). The van der Waals surface area contributed by atoms with Gasteiger partial charge in [0.2, 0.25) is 0 Å². The SMILES string of the molecule is C1=CC=CNC=C1.CC(C)(C)OC(=O)c1ccc2c(c1)Cc1ccc(C(=O)O)cc1-2. The van der Waals surface area contributed by atoms with E-state index in [1.54, 1.807) is 18.2 Å². The molecule has 2 N–H and O–H groups in total. The van der Waals surface area contributed by atoms with Crippen molar-refractivity contribution in [1.82, 2.24) is 5.32 Å². The van der Waals surface area contributed by atoms with Crippen LogP contribution in [0.4, 0.5) is 0 Å². The van der Waals surface area contributed by atoms with Crippen molar-refractivity contribution in [2.75, 3.05) is 0 Å². The molecule has 0 saturated heterocycles. The van der Waals surface area contributed by atoms with Gasteiger partial charge in [0.1, 0.15) is 5.60 Å². The second kappa shape index (κ2) is 8.82. The molecule has 1 aliphatic heterocycles. The fraction of sp³-hybridized carbons (Fsp3) is 0.200. The molecule has 0 unspecified atom stereocenters. The van der Waals surface area contributed by atoms with Crippen molar-refractivity contribution < 1.29 is 19.4 Å². The number of rotatable bonds is 2.